The molecule has 0 atom stereocenters. The summed E-state index contributed by atoms with van der Waals surface area (Å²) in [6, 6.07) is 10.0. The molecule has 2 rings (SSSR count). The maximum absolute atomic E-state index is 13.1. The second-order valence-corrected chi connectivity index (χ2v) is 6.51. The number of sulfone groups is 1. The molecule has 106 valence electrons. The second-order valence-electron chi connectivity index (χ2n) is 4.23. The average molecular weight is 315 g/mol. The predicted molar refractivity (Wildman–Crippen MR) is 75.6 cm³/mol. The Hall–Kier alpha value is -1.59. The highest BCUT2D eigenvalue weighted by Crippen LogP contribution is 2.28. The molecular weight excluding hydrogens is 303 g/mol. The maximum atomic E-state index is 13.1. The van der Waals surface area contributed by atoms with Crippen molar-refractivity contribution in [2.24, 2.45) is 0 Å². The Morgan fingerprint density at radius 3 is 2.35 bits per heavy atom. The number of rotatable bonds is 4. The molecule has 0 unspecified atom stereocenters. The van der Waals surface area contributed by atoms with E-state index in [2.05, 4.69) is 0 Å². The van der Waals surface area contributed by atoms with E-state index in [0.717, 1.165) is 6.26 Å². The van der Waals surface area contributed by atoms with Gasteiger partial charge in [0.15, 0.2) is 9.84 Å². The van der Waals surface area contributed by atoms with Crippen LogP contribution in [0.1, 0.15) is 5.56 Å². The van der Waals surface area contributed by atoms with Gasteiger partial charge in [0.25, 0.3) is 0 Å². The molecule has 0 aliphatic carbocycles. The topological polar surface area (TPSA) is 43.4 Å². The van der Waals surface area contributed by atoms with Gasteiger partial charge in [0, 0.05) is 11.8 Å². The SMILES string of the molecule is CS(=O)(=O)c1ccc(Oc2ccc(F)cc2CCl)cc1. The van der Waals surface area contributed by atoms with Crippen molar-refractivity contribution in [1.82, 2.24) is 0 Å². The van der Waals surface area contributed by atoms with Crippen LogP contribution in [0.25, 0.3) is 0 Å². The van der Waals surface area contributed by atoms with Crippen molar-refractivity contribution in [2.45, 2.75) is 10.8 Å². The van der Waals surface area contributed by atoms with Crippen LogP contribution in [-0.2, 0) is 15.7 Å². The van der Waals surface area contributed by atoms with E-state index in [1.165, 1.54) is 42.5 Å². The molecule has 0 aliphatic rings. The van der Waals surface area contributed by atoms with Crippen LogP contribution >= 0.6 is 11.6 Å². The Kier molecular flexibility index (Phi) is 4.30. The first-order valence-corrected chi connectivity index (χ1v) is 8.15. The van der Waals surface area contributed by atoms with Gasteiger partial charge in [0.2, 0.25) is 0 Å². The number of hydrogen-bond donors (Lipinski definition) is 0. The minimum Gasteiger partial charge on any atom is -0.457 e. The van der Waals surface area contributed by atoms with Crippen LogP contribution in [0.5, 0.6) is 11.5 Å². The van der Waals surface area contributed by atoms with Gasteiger partial charge in [-0.1, -0.05) is 0 Å². The monoisotopic (exact) mass is 314 g/mol. The summed E-state index contributed by atoms with van der Waals surface area (Å²) in [5.41, 5.74) is 0.527. The Labute approximate surface area is 121 Å². The Balaban J connectivity index is 2.27. The van der Waals surface area contributed by atoms with Crippen molar-refractivity contribution in [3.05, 3.63) is 53.8 Å². The number of halogens is 2. The van der Waals surface area contributed by atoms with E-state index >= 15 is 0 Å². The molecule has 0 saturated carbocycles. The summed E-state index contributed by atoms with van der Waals surface area (Å²) in [5.74, 6) is 0.624. The third-order valence-corrected chi connectivity index (χ3v) is 4.06. The van der Waals surface area contributed by atoms with Crippen LogP contribution in [0.3, 0.4) is 0 Å². The molecule has 0 aliphatic heterocycles. The van der Waals surface area contributed by atoms with Gasteiger partial charge in [-0.2, -0.15) is 0 Å². The standard InChI is InChI=1S/C14H12ClFO3S/c1-20(17,18)13-5-3-12(4-6-13)19-14-7-2-11(16)8-10(14)9-15/h2-8H,9H2,1H3. The van der Waals surface area contributed by atoms with Gasteiger partial charge in [-0.25, -0.2) is 12.8 Å². The molecule has 6 heteroatoms. The molecule has 0 N–H and O–H groups in total. The number of hydrogen-bond acceptors (Lipinski definition) is 3. The third-order valence-electron chi connectivity index (χ3n) is 2.65. The zero-order valence-corrected chi connectivity index (χ0v) is 12.2. The van der Waals surface area contributed by atoms with Crippen molar-refractivity contribution in [3.8, 4) is 11.5 Å². The highest BCUT2D eigenvalue weighted by Gasteiger charge is 2.09. The fourth-order valence-electron chi connectivity index (χ4n) is 1.63. The predicted octanol–water partition coefficient (Wildman–Crippen LogP) is 3.76. The van der Waals surface area contributed by atoms with Gasteiger partial charge in [0.05, 0.1) is 10.8 Å². The molecular formula is C14H12ClFO3S. The second kappa shape index (κ2) is 5.81. The van der Waals surface area contributed by atoms with Crippen molar-refractivity contribution in [1.29, 1.82) is 0 Å². The summed E-state index contributed by atoms with van der Waals surface area (Å²) in [7, 11) is -3.24. The molecule has 0 saturated heterocycles. The first-order valence-electron chi connectivity index (χ1n) is 5.72. The molecule has 3 nitrogen and oxygen atoms in total. The van der Waals surface area contributed by atoms with Crippen LogP contribution in [0, 0.1) is 5.82 Å². The van der Waals surface area contributed by atoms with Gasteiger partial charge < -0.3 is 4.74 Å². The molecule has 20 heavy (non-hydrogen) atoms. The average Bonchev–Trinajstić information content (AvgIpc) is 2.40. The number of alkyl halides is 1. The fourth-order valence-corrected chi connectivity index (χ4v) is 2.47. The molecule has 0 amide bonds. The summed E-state index contributed by atoms with van der Waals surface area (Å²) >= 11 is 5.73. The lowest BCUT2D eigenvalue weighted by Crippen LogP contribution is -1.96. The van der Waals surface area contributed by atoms with E-state index in [4.69, 9.17) is 16.3 Å². The van der Waals surface area contributed by atoms with Gasteiger partial charge >= 0.3 is 0 Å². The zero-order chi connectivity index (χ0) is 14.8. The Bertz CT molecular complexity index is 712. The molecule has 2 aromatic carbocycles. The highest BCUT2D eigenvalue weighted by molar-refractivity contribution is 7.90. The molecule has 0 bridgehead atoms. The van der Waals surface area contributed by atoms with Crippen molar-refractivity contribution >= 4 is 21.4 Å². The van der Waals surface area contributed by atoms with Crippen LogP contribution in [0.15, 0.2) is 47.4 Å². The minimum absolute atomic E-state index is 0.120. The fraction of sp³-hybridized carbons (Fsp3) is 0.143. The first-order chi connectivity index (χ1) is 9.40. The van der Waals surface area contributed by atoms with Crippen LogP contribution in [0.2, 0.25) is 0 Å². The van der Waals surface area contributed by atoms with E-state index in [9.17, 15) is 12.8 Å². The van der Waals surface area contributed by atoms with Crippen molar-refractivity contribution < 1.29 is 17.5 Å². The lowest BCUT2D eigenvalue weighted by atomic mass is 10.2. The molecule has 0 heterocycles. The van der Waals surface area contributed by atoms with Gasteiger partial charge in [-0.15, -0.1) is 11.6 Å². The minimum atomic E-state index is -3.24. The van der Waals surface area contributed by atoms with Crippen LogP contribution in [-0.4, -0.2) is 14.7 Å². The van der Waals surface area contributed by atoms with E-state index in [-0.39, 0.29) is 16.6 Å². The summed E-state index contributed by atoms with van der Waals surface area (Å²) in [6.07, 6.45) is 1.13. The zero-order valence-electron chi connectivity index (χ0n) is 10.6. The van der Waals surface area contributed by atoms with Crippen LogP contribution in [0.4, 0.5) is 4.39 Å². The smallest absolute Gasteiger partial charge is 0.175 e. The summed E-state index contributed by atoms with van der Waals surface area (Å²) in [5, 5.41) is 0. The van der Waals surface area contributed by atoms with Gasteiger partial charge in [-0.3, -0.25) is 0 Å². The summed E-state index contributed by atoms with van der Waals surface area (Å²) in [6.45, 7) is 0. The number of benzene rings is 2. The van der Waals surface area contributed by atoms with Gasteiger partial charge in [0.1, 0.15) is 17.3 Å². The normalized spacial score (nSPS) is 11.3. The quantitative estimate of drug-likeness (QED) is 0.807. The Morgan fingerprint density at radius 2 is 1.80 bits per heavy atom. The molecule has 2 aromatic rings. The summed E-state index contributed by atoms with van der Waals surface area (Å²) in [4.78, 5) is 0.210. The highest BCUT2D eigenvalue weighted by atomic mass is 35.5. The van der Waals surface area contributed by atoms with Crippen molar-refractivity contribution in [3.63, 3.8) is 0 Å². The lowest BCUT2D eigenvalue weighted by Gasteiger charge is -2.10. The van der Waals surface area contributed by atoms with Crippen molar-refractivity contribution in [2.75, 3.05) is 6.26 Å². The molecule has 0 fully saturated rings. The Morgan fingerprint density at radius 1 is 1.15 bits per heavy atom. The molecule has 0 spiro atoms. The van der Waals surface area contributed by atoms with E-state index in [0.29, 0.717) is 17.1 Å². The molecule has 0 radical (unpaired) electrons. The van der Waals surface area contributed by atoms with E-state index in [1.807, 2.05) is 0 Å². The van der Waals surface area contributed by atoms with Crippen LogP contribution < -0.4 is 4.74 Å². The lowest BCUT2D eigenvalue weighted by molar-refractivity contribution is 0.475. The maximum Gasteiger partial charge on any atom is 0.175 e. The third kappa shape index (κ3) is 3.49. The molecule has 0 aromatic heterocycles. The largest absolute Gasteiger partial charge is 0.457 e. The van der Waals surface area contributed by atoms with Gasteiger partial charge in [-0.05, 0) is 42.5 Å². The number of ether oxygens (including phenoxy) is 1. The van der Waals surface area contributed by atoms with E-state index in [1.54, 1.807) is 0 Å². The summed E-state index contributed by atoms with van der Waals surface area (Å²) < 4.78 is 41.3. The first kappa shape index (κ1) is 14.8. The van der Waals surface area contributed by atoms with E-state index < -0.39 is 9.84 Å².